The molecule has 0 unspecified atom stereocenters. The first-order chi connectivity index (χ1) is 11.2. The first-order valence-electron chi connectivity index (χ1n) is 7.25. The topological polar surface area (TPSA) is 80.4 Å². The van der Waals surface area contributed by atoms with Crippen molar-refractivity contribution in [3.05, 3.63) is 58.6 Å². The van der Waals surface area contributed by atoms with E-state index in [1.165, 1.54) is 11.3 Å². The van der Waals surface area contributed by atoms with E-state index in [1.54, 1.807) is 6.21 Å². The van der Waals surface area contributed by atoms with E-state index in [0.717, 1.165) is 16.3 Å². The number of carbonyl (C=O) groups is 1. The number of hydrogen-bond acceptors (Lipinski definition) is 5. The van der Waals surface area contributed by atoms with Crippen molar-refractivity contribution in [1.82, 2.24) is 10.4 Å². The van der Waals surface area contributed by atoms with Crippen LogP contribution in [0.25, 0.3) is 10.8 Å². The van der Waals surface area contributed by atoms with Gasteiger partial charge in [-0.05, 0) is 17.2 Å². The standard InChI is InChI=1S/C17H16N4OS/c1-2-14-15(23-17(18)20-14)16(22)21-19-10-12-8-5-7-11-6-3-4-9-13(11)12/h3-10H,2H2,1H3,(H2,18,20)(H,21,22)/b19-10+. The van der Waals surface area contributed by atoms with Crippen LogP contribution >= 0.6 is 11.3 Å². The van der Waals surface area contributed by atoms with E-state index in [0.29, 0.717) is 22.1 Å². The summed E-state index contributed by atoms with van der Waals surface area (Å²) in [5.74, 6) is -0.285. The number of nitrogens with zero attached hydrogens (tertiary/aromatic N) is 2. The van der Waals surface area contributed by atoms with E-state index in [9.17, 15) is 4.79 Å². The van der Waals surface area contributed by atoms with Crippen LogP contribution in [0.1, 0.15) is 27.9 Å². The van der Waals surface area contributed by atoms with E-state index >= 15 is 0 Å². The van der Waals surface area contributed by atoms with Crippen LogP contribution in [0.2, 0.25) is 0 Å². The first-order valence-corrected chi connectivity index (χ1v) is 8.07. The van der Waals surface area contributed by atoms with Gasteiger partial charge in [-0.2, -0.15) is 5.10 Å². The van der Waals surface area contributed by atoms with Gasteiger partial charge in [-0.25, -0.2) is 10.4 Å². The molecule has 3 rings (SSSR count). The lowest BCUT2D eigenvalue weighted by Gasteiger charge is -2.02. The Balaban J connectivity index is 1.79. The molecule has 0 spiro atoms. The van der Waals surface area contributed by atoms with E-state index in [1.807, 2.05) is 49.4 Å². The fourth-order valence-corrected chi connectivity index (χ4v) is 3.17. The Bertz CT molecular complexity index is 880. The van der Waals surface area contributed by atoms with Crippen molar-refractivity contribution in [2.75, 3.05) is 5.73 Å². The van der Waals surface area contributed by atoms with Crippen molar-refractivity contribution in [2.45, 2.75) is 13.3 Å². The van der Waals surface area contributed by atoms with Gasteiger partial charge in [0.05, 0.1) is 11.9 Å². The average Bonchev–Trinajstić information content (AvgIpc) is 2.96. The van der Waals surface area contributed by atoms with Crippen LogP contribution in [0.3, 0.4) is 0 Å². The lowest BCUT2D eigenvalue weighted by Crippen LogP contribution is -2.17. The highest BCUT2D eigenvalue weighted by Gasteiger charge is 2.15. The summed E-state index contributed by atoms with van der Waals surface area (Å²) < 4.78 is 0. The molecule has 0 saturated carbocycles. The molecule has 0 aliphatic carbocycles. The van der Waals surface area contributed by atoms with Gasteiger partial charge in [0.15, 0.2) is 5.13 Å². The van der Waals surface area contributed by atoms with Gasteiger partial charge in [-0.3, -0.25) is 4.79 Å². The van der Waals surface area contributed by atoms with Gasteiger partial charge in [0.1, 0.15) is 4.88 Å². The summed E-state index contributed by atoms with van der Waals surface area (Å²) in [5.41, 5.74) is 9.86. The van der Waals surface area contributed by atoms with Gasteiger partial charge in [0, 0.05) is 5.56 Å². The molecule has 0 fully saturated rings. The van der Waals surface area contributed by atoms with Crippen molar-refractivity contribution < 1.29 is 4.79 Å². The second-order valence-corrected chi connectivity index (χ2v) is 5.98. The predicted molar refractivity (Wildman–Crippen MR) is 94.9 cm³/mol. The number of benzene rings is 2. The number of rotatable bonds is 4. The minimum atomic E-state index is -0.285. The molecule has 1 aromatic heterocycles. The number of hydrazone groups is 1. The Labute approximate surface area is 137 Å². The molecule has 6 heteroatoms. The van der Waals surface area contributed by atoms with E-state index in [-0.39, 0.29) is 5.91 Å². The van der Waals surface area contributed by atoms with E-state index in [4.69, 9.17) is 5.73 Å². The van der Waals surface area contributed by atoms with Crippen LogP contribution in [0.15, 0.2) is 47.6 Å². The zero-order chi connectivity index (χ0) is 16.2. The number of amides is 1. The molecule has 3 N–H and O–H groups in total. The zero-order valence-corrected chi connectivity index (χ0v) is 13.4. The van der Waals surface area contributed by atoms with Gasteiger partial charge >= 0.3 is 0 Å². The number of nitrogens with one attached hydrogen (secondary N) is 1. The number of thiazole rings is 1. The number of fused-ring (bicyclic) bond motifs is 1. The smallest absolute Gasteiger partial charge is 0.283 e. The van der Waals surface area contributed by atoms with Crippen molar-refractivity contribution in [1.29, 1.82) is 0 Å². The molecule has 0 aliphatic heterocycles. The Kier molecular flexibility index (Phi) is 4.34. The highest BCUT2D eigenvalue weighted by molar-refractivity contribution is 7.17. The molecule has 23 heavy (non-hydrogen) atoms. The predicted octanol–water partition coefficient (Wildman–Crippen LogP) is 3.20. The third kappa shape index (κ3) is 3.22. The molecule has 0 radical (unpaired) electrons. The Hall–Kier alpha value is -2.73. The molecule has 0 atom stereocenters. The normalized spacial score (nSPS) is 11.2. The van der Waals surface area contributed by atoms with Crippen LogP contribution in [0, 0.1) is 0 Å². The monoisotopic (exact) mass is 324 g/mol. The summed E-state index contributed by atoms with van der Waals surface area (Å²) in [6, 6.07) is 14.0. The number of nitrogens with two attached hydrogens (primary N) is 1. The van der Waals surface area contributed by atoms with Gasteiger partial charge in [-0.15, -0.1) is 0 Å². The summed E-state index contributed by atoms with van der Waals surface area (Å²) >= 11 is 1.18. The van der Waals surface area contributed by atoms with Crippen LogP contribution in [0.5, 0.6) is 0 Å². The van der Waals surface area contributed by atoms with Crippen LogP contribution in [-0.4, -0.2) is 17.1 Å². The largest absolute Gasteiger partial charge is 0.375 e. The lowest BCUT2D eigenvalue weighted by molar-refractivity contribution is 0.0958. The summed E-state index contributed by atoms with van der Waals surface area (Å²) in [6.45, 7) is 1.94. The number of aromatic nitrogens is 1. The number of aryl methyl sites for hydroxylation is 1. The molecular weight excluding hydrogens is 308 g/mol. The molecule has 0 saturated heterocycles. The fourth-order valence-electron chi connectivity index (χ4n) is 2.36. The number of nitrogen functional groups attached to an aromatic ring is 1. The van der Waals surface area contributed by atoms with Crippen molar-refractivity contribution in [3.8, 4) is 0 Å². The van der Waals surface area contributed by atoms with Crippen molar-refractivity contribution in [2.24, 2.45) is 5.10 Å². The van der Waals surface area contributed by atoms with E-state index < -0.39 is 0 Å². The van der Waals surface area contributed by atoms with Gasteiger partial charge in [0.25, 0.3) is 5.91 Å². The lowest BCUT2D eigenvalue weighted by atomic mass is 10.1. The van der Waals surface area contributed by atoms with Crippen LogP contribution in [-0.2, 0) is 6.42 Å². The highest BCUT2D eigenvalue weighted by atomic mass is 32.1. The fraction of sp³-hybridized carbons (Fsp3) is 0.118. The molecular formula is C17H16N4OS. The molecule has 2 aromatic carbocycles. The van der Waals surface area contributed by atoms with Crippen molar-refractivity contribution in [3.63, 3.8) is 0 Å². The minimum absolute atomic E-state index is 0.285. The molecule has 0 bridgehead atoms. The van der Waals surface area contributed by atoms with Gasteiger partial charge in [-0.1, -0.05) is 60.7 Å². The van der Waals surface area contributed by atoms with Gasteiger partial charge < -0.3 is 5.73 Å². The third-order valence-electron chi connectivity index (χ3n) is 3.45. The summed E-state index contributed by atoms with van der Waals surface area (Å²) in [7, 11) is 0. The van der Waals surface area contributed by atoms with Gasteiger partial charge in [0.2, 0.25) is 0 Å². The summed E-state index contributed by atoms with van der Waals surface area (Å²) in [6.07, 6.45) is 2.31. The average molecular weight is 324 g/mol. The quantitative estimate of drug-likeness (QED) is 0.571. The van der Waals surface area contributed by atoms with Crippen LogP contribution < -0.4 is 11.2 Å². The molecule has 1 amide bonds. The van der Waals surface area contributed by atoms with Crippen molar-refractivity contribution >= 4 is 39.4 Å². The van der Waals surface area contributed by atoms with Crippen LogP contribution in [0.4, 0.5) is 5.13 Å². The summed E-state index contributed by atoms with van der Waals surface area (Å²) in [4.78, 5) is 16.8. The zero-order valence-electron chi connectivity index (χ0n) is 12.6. The molecule has 1 heterocycles. The summed E-state index contributed by atoms with van der Waals surface area (Å²) in [5, 5.41) is 6.68. The number of carbonyl (C=O) groups excluding carboxylic acids is 1. The first kappa shape index (κ1) is 15.2. The maximum Gasteiger partial charge on any atom is 0.283 e. The second-order valence-electron chi connectivity index (χ2n) is 4.95. The Morgan fingerprint density at radius 3 is 2.91 bits per heavy atom. The minimum Gasteiger partial charge on any atom is -0.375 e. The Morgan fingerprint density at radius 2 is 2.09 bits per heavy atom. The van der Waals surface area contributed by atoms with E-state index in [2.05, 4.69) is 15.5 Å². The maximum atomic E-state index is 12.2. The molecule has 3 aromatic rings. The number of anilines is 1. The second kappa shape index (κ2) is 6.58. The SMILES string of the molecule is CCc1nc(N)sc1C(=O)N/N=C/c1cccc2ccccc12. The Morgan fingerprint density at radius 1 is 1.30 bits per heavy atom. The maximum absolute atomic E-state index is 12.2. The highest BCUT2D eigenvalue weighted by Crippen LogP contribution is 2.21. The number of hydrogen-bond donors (Lipinski definition) is 2. The molecule has 0 aliphatic rings. The molecule has 5 nitrogen and oxygen atoms in total. The third-order valence-corrected chi connectivity index (χ3v) is 4.37. The molecule has 116 valence electrons.